The Labute approximate surface area is 75.8 Å². The van der Waals surface area contributed by atoms with Gasteiger partial charge in [0.1, 0.15) is 6.04 Å². The average molecular weight is 185 g/mol. The van der Waals surface area contributed by atoms with Crippen molar-refractivity contribution in [3.63, 3.8) is 0 Å². The zero-order chi connectivity index (χ0) is 10.3. The first-order valence-electron chi connectivity index (χ1n) is 3.69. The van der Waals surface area contributed by atoms with E-state index >= 15 is 0 Å². The fourth-order valence-electron chi connectivity index (χ4n) is 0.763. The first kappa shape index (κ1) is 11.5. The van der Waals surface area contributed by atoms with Gasteiger partial charge in [-0.2, -0.15) is 0 Å². The summed E-state index contributed by atoms with van der Waals surface area (Å²) in [5.74, 6) is 0.113. The lowest BCUT2D eigenvalue weighted by Gasteiger charge is -2.10. The number of rotatable bonds is 6. The number of carboxylic acids is 2. The SMILES string of the molecule is C#CCN[C@@H](CCC(=O)O)C(=O)O. The zero-order valence-electron chi connectivity index (χ0n) is 6.99. The summed E-state index contributed by atoms with van der Waals surface area (Å²) in [4.78, 5) is 20.6. The van der Waals surface area contributed by atoms with Gasteiger partial charge in [0.05, 0.1) is 6.54 Å². The highest BCUT2D eigenvalue weighted by Gasteiger charge is 2.16. The van der Waals surface area contributed by atoms with Crippen LogP contribution in [0, 0.1) is 12.3 Å². The smallest absolute Gasteiger partial charge is 0.320 e. The summed E-state index contributed by atoms with van der Waals surface area (Å²) in [5, 5.41) is 19.4. The van der Waals surface area contributed by atoms with Crippen molar-refractivity contribution in [2.75, 3.05) is 6.54 Å². The van der Waals surface area contributed by atoms with Gasteiger partial charge >= 0.3 is 11.9 Å². The van der Waals surface area contributed by atoms with E-state index in [2.05, 4.69) is 11.2 Å². The number of hydrogen-bond acceptors (Lipinski definition) is 3. The van der Waals surface area contributed by atoms with Gasteiger partial charge in [0.2, 0.25) is 0 Å². The number of nitrogens with one attached hydrogen (secondary N) is 1. The van der Waals surface area contributed by atoms with Crippen LogP contribution in [0.25, 0.3) is 0 Å². The van der Waals surface area contributed by atoms with Crippen LogP contribution in [0.2, 0.25) is 0 Å². The van der Waals surface area contributed by atoms with Crippen molar-refractivity contribution in [1.29, 1.82) is 0 Å². The number of terminal acetylenes is 1. The molecule has 0 saturated carbocycles. The van der Waals surface area contributed by atoms with Gasteiger partial charge in [-0.1, -0.05) is 5.92 Å². The summed E-state index contributed by atoms with van der Waals surface area (Å²) in [6, 6.07) is -0.882. The molecule has 3 N–H and O–H groups in total. The van der Waals surface area contributed by atoms with Crippen LogP contribution in [-0.4, -0.2) is 34.7 Å². The van der Waals surface area contributed by atoms with E-state index in [1.165, 1.54) is 0 Å². The van der Waals surface area contributed by atoms with E-state index in [1.54, 1.807) is 0 Å². The molecule has 0 aromatic carbocycles. The Balaban J connectivity index is 3.89. The minimum absolute atomic E-state index is 0.0341. The Morgan fingerprint density at radius 3 is 2.46 bits per heavy atom. The fourth-order valence-corrected chi connectivity index (χ4v) is 0.763. The molecule has 0 unspecified atom stereocenters. The number of aliphatic carboxylic acids is 2. The Kier molecular flexibility index (Phi) is 5.32. The van der Waals surface area contributed by atoms with Crippen molar-refractivity contribution < 1.29 is 19.8 Å². The van der Waals surface area contributed by atoms with Gasteiger partial charge in [0.25, 0.3) is 0 Å². The lowest BCUT2D eigenvalue weighted by atomic mass is 10.1. The van der Waals surface area contributed by atoms with E-state index < -0.39 is 18.0 Å². The molecule has 0 aliphatic carbocycles. The third-order valence-electron chi connectivity index (χ3n) is 1.40. The van der Waals surface area contributed by atoms with Crippen LogP contribution in [0.5, 0.6) is 0 Å². The number of carbonyl (C=O) groups is 2. The van der Waals surface area contributed by atoms with Crippen LogP contribution in [0.15, 0.2) is 0 Å². The molecule has 0 saturated heterocycles. The Bertz CT molecular complexity index is 231. The molecular weight excluding hydrogens is 174 g/mol. The Morgan fingerprint density at radius 1 is 1.46 bits per heavy atom. The molecule has 0 aromatic rings. The van der Waals surface area contributed by atoms with E-state index in [-0.39, 0.29) is 19.4 Å². The monoisotopic (exact) mass is 185 g/mol. The van der Waals surface area contributed by atoms with Gasteiger partial charge in [0.15, 0.2) is 0 Å². The van der Waals surface area contributed by atoms with Crippen LogP contribution in [0.1, 0.15) is 12.8 Å². The molecule has 1 atom stereocenters. The highest BCUT2D eigenvalue weighted by Crippen LogP contribution is 1.97. The van der Waals surface area contributed by atoms with Crippen molar-refractivity contribution in [3.05, 3.63) is 0 Å². The van der Waals surface area contributed by atoms with Crippen LogP contribution < -0.4 is 5.32 Å². The second kappa shape index (κ2) is 6.03. The fraction of sp³-hybridized carbons (Fsp3) is 0.500. The molecule has 0 aliphatic heterocycles. The maximum atomic E-state index is 10.5. The second-order valence-corrected chi connectivity index (χ2v) is 2.41. The molecule has 0 aromatic heterocycles. The second-order valence-electron chi connectivity index (χ2n) is 2.41. The highest BCUT2D eigenvalue weighted by atomic mass is 16.4. The lowest BCUT2D eigenvalue weighted by Crippen LogP contribution is -2.37. The molecule has 72 valence electrons. The number of hydrogen-bond donors (Lipinski definition) is 3. The quantitative estimate of drug-likeness (QED) is 0.487. The molecule has 0 amide bonds. The molecule has 0 fully saturated rings. The Morgan fingerprint density at radius 2 is 2.08 bits per heavy atom. The first-order valence-corrected chi connectivity index (χ1v) is 3.69. The largest absolute Gasteiger partial charge is 0.481 e. The molecule has 0 spiro atoms. The molecule has 0 radical (unpaired) electrons. The summed E-state index contributed by atoms with van der Waals surface area (Å²) < 4.78 is 0. The van der Waals surface area contributed by atoms with Gasteiger partial charge < -0.3 is 10.2 Å². The van der Waals surface area contributed by atoms with Gasteiger partial charge in [-0.3, -0.25) is 14.9 Å². The molecular formula is C8H11NO4. The number of carboxylic acid groups (broad SMARTS) is 2. The summed E-state index contributed by atoms with van der Waals surface area (Å²) in [6.45, 7) is 0.122. The normalized spacial score (nSPS) is 11.6. The average Bonchev–Trinajstić information content (AvgIpc) is 2.03. The standard InChI is InChI=1S/C8H11NO4/c1-2-5-9-6(8(12)13)3-4-7(10)11/h1,6,9H,3-5H2,(H,10,11)(H,12,13)/t6-/m0/s1. The third kappa shape index (κ3) is 5.70. The zero-order valence-corrected chi connectivity index (χ0v) is 6.99. The maximum absolute atomic E-state index is 10.5. The minimum atomic E-state index is -1.09. The summed E-state index contributed by atoms with van der Waals surface area (Å²) in [6.07, 6.45) is 4.76. The Hall–Kier alpha value is -1.54. The van der Waals surface area contributed by atoms with E-state index in [0.717, 1.165) is 0 Å². The van der Waals surface area contributed by atoms with Crippen LogP contribution in [0.3, 0.4) is 0 Å². The molecule has 0 aliphatic rings. The van der Waals surface area contributed by atoms with Crippen molar-refractivity contribution in [3.8, 4) is 12.3 Å². The van der Waals surface area contributed by atoms with Gasteiger partial charge in [-0.05, 0) is 6.42 Å². The van der Waals surface area contributed by atoms with E-state index in [4.69, 9.17) is 16.6 Å². The van der Waals surface area contributed by atoms with Crippen molar-refractivity contribution in [2.24, 2.45) is 0 Å². The topological polar surface area (TPSA) is 86.6 Å². The van der Waals surface area contributed by atoms with Crippen molar-refractivity contribution in [2.45, 2.75) is 18.9 Å². The van der Waals surface area contributed by atoms with Crippen molar-refractivity contribution in [1.82, 2.24) is 5.32 Å². The highest BCUT2D eigenvalue weighted by molar-refractivity contribution is 5.75. The minimum Gasteiger partial charge on any atom is -0.481 e. The molecule has 0 rings (SSSR count). The maximum Gasteiger partial charge on any atom is 0.320 e. The van der Waals surface area contributed by atoms with Crippen LogP contribution >= 0.6 is 0 Å². The van der Waals surface area contributed by atoms with Gasteiger partial charge in [-0.25, -0.2) is 0 Å². The molecule has 0 heterocycles. The van der Waals surface area contributed by atoms with Crippen LogP contribution in [0.4, 0.5) is 0 Å². The van der Waals surface area contributed by atoms with E-state index in [0.29, 0.717) is 0 Å². The molecule has 13 heavy (non-hydrogen) atoms. The predicted molar refractivity (Wildman–Crippen MR) is 45.1 cm³/mol. The summed E-state index contributed by atoms with van der Waals surface area (Å²) in [5.41, 5.74) is 0. The first-order chi connectivity index (χ1) is 6.07. The third-order valence-corrected chi connectivity index (χ3v) is 1.40. The summed E-state index contributed by atoms with van der Waals surface area (Å²) in [7, 11) is 0. The lowest BCUT2D eigenvalue weighted by molar-refractivity contribution is -0.140. The van der Waals surface area contributed by atoms with E-state index in [1.807, 2.05) is 0 Å². The summed E-state index contributed by atoms with van der Waals surface area (Å²) >= 11 is 0. The van der Waals surface area contributed by atoms with E-state index in [9.17, 15) is 9.59 Å². The van der Waals surface area contributed by atoms with Crippen molar-refractivity contribution >= 4 is 11.9 Å². The van der Waals surface area contributed by atoms with Crippen LogP contribution in [-0.2, 0) is 9.59 Å². The van der Waals surface area contributed by atoms with Gasteiger partial charge in [0, 0.05) is 6.42 Å². The molecule has 5 nitrogen and oxygen atoms in total. The molecule has 0 bridgehead atoms. The predicted octanol–water partition coefficient (Wildman–Crippen LogP) is -0.473. The van der Waals surface area contributed by atoms with Gasteiger partial charge in [-0.15, -0.1) is 6.42 Å². The molecule has 5 heteroatoms.